The molecule has 0 aliphatic carbocycles. The summed E-state index contributed by atoms with van der Waals surface area (Å²) in [5, 5.41) is 3.44. The summed E-state index contributed by atoms with van der Waals surface area (Å²) in [6, 6.07) is 0. The first-order chi connectivity index (χ1) is 10.8. The molecule has 1 aliphatic rings. The summed E-state index contributed by atoms with van der Waals surface area (Å²) in [7, 11) is 3.58. The molecular formula is C16H31N3O2S. The number of methoxy groups -OCH3 is 1. The quantitative estimate of drug-likeness (QED) is 0.287. The lowest BCUT2D eigenvalue weighted by atomic mass is 10.1. The molecule has 5 nitrogen and oxygen atoms in total. The van der Waals surface area contributed by atoms with E-state index in [1.807, 2.05) is 24.9 Å². The van der Waals surface area contributed by atoms with Crippen molar-refractivity contribution in [2.45, 2.75) is 25.4 Å². The minimum Gasteiger partial charge on any atom is -0.385 e. The Morgan fingerprint density at radius 3 is 2.82 bits per heavy atom. The Morgan fingerprint density at radius 2 is 2.18 bits per heavy atom. The molecule has 1 heterocycles. The monoisotopic (exact) mass is 329 g/mol. The van der Waals surface area contributed by atoms with Crippen molar-refractivity contribution in [3.63, 3.8) is 0 Å². The third-order valence-electron chi connectivity index (χ3n) is 3.56. The van der Waals surface area contributed by atoms with Gasteiger partial charge in [-0.1, -0.05) is 6.08 Å². The van der Waals surface area contributed by atoms with Crippen molar-refractivity contribution in [1.29, 1.82) is 0 Å². The van der Waals surface area contributed by atoms with Crippen molar-refractivity contribution < 1.29 is 9.47 Å². The lowest BCUT2D eigenvalue weighted by molar-refractivity contribution is 0.00993. The van der Waals surface area contributed by atoms with E-state index < -0.39 is 0 Å². The standard InChI is InChI=1S/C16H31N3O2S/c1-4-13-22-14-8-18-16(17-2)19-9-6-15(7-10-19)21-12-5-11-20-3/h4,15H,1,5-14H2,2-3H3,(H,17,18). The van der Waals surface area contributed by atoms with E-state index >= 15 is 0 Å². The van der Waals surface area contributed by atoms with Crippen molar-refractivity contribution in [3.05, 3.63) is 12.7 Å². The highest BCUT2D eigenvalue weighted by Gasteiger charge is 2.21. The van der Waals surface area contributed by atoms with Crippen molar-refractivity contribution >= 4 is 17.7 Å². The SMILES string of the molecule is C=CCSCCNC(=NC)N1CCC(OCCCOC)CC1. The summed E-state index contributed by atoms with van der Waals surface area (Å²) in [5.41, 5.74) is 0. The van der Waals surface area contributed by atoms with Crippen LogP contribution in [0.3, 0.4) is 0 Å². The van der Waals surface area contributed by atoms with Crippen LogP contribution in [0.15, 0.2) is 17.6 Å². The molecule has 0 aromatic carbocycles. The molecule has 0 aromatic heterocycles. The third kappa shape index (κ3) is 8.06. The number of aliphatic imine (C=N–C) groups is 1. The smallest absolute Gasteiger partial charge is 0.193 e. The zero-order valence-electron chi connectivity index (χ0n) is 14.1. The van der Waals surface area contributed by atoms with Crippen LogP contribution in [0.1, 0.15) is 19.3 Å². The lowest BCUT2D eigenvalue weighted by Crippen LogP contribution is -2.47. The summed E-state index contributed by atoms with van der Waals surface area (Å²) in [6.07, 6.45) is 5.44. The molecule has 0 atom stereocenters. The Morgan fingerprint density at radius 1 is 1.41 bits per heavy atom. The number of rotatable bonds is 10. The van der Waals surface area contributed by atoms with Gasteiger partial charge in [0.1, 0.15) is 0 Å². The molecule has 0 amide bonds. The van der Waals surface area contributed by atoms with E-state index in [1.54, 1.807) is 7.11 Å². The Hall–Kier alpha value is -0.720. The first-order valence-corrected chi connectivity index (χ1v) is 9.22. The molecule has 1 fully saturated rings. The molecule has 0 saturated carbocycles. The molecule has 1 aliphatic heterocycles. The number of guanidine groups is 1. The number of thioether (sulfide) groups is 1. The summed E-state index contributed by atoms with van der Waals surface area (Å²) in [6.45, 7) is 8.26. The zero-order chi connectivity index (χ0) is 16.0. The van der Waals surface area contributed by atoms with Crippen LogP contribution in [-0.2, 0) is 9.47 Å². The van der Waals surface area contributed by atoms with Crippen LogP contribution in [0, 0.1) is 0 Å². The average Bonchev–Trinajstić information content (AvgIpc) is 2.56. The molecule has 1 rings (SSSR count). The number of ether oxygens (including phenoxy) is 2. The topological polar surface area (TPSA) is 46.1 Å². The second-order valence-electron chi connectivity index (χ2n) is 5.24. The van der Waals surface area contributed by atoms with Gasteiger partial charge in [0, 0.05) is 58.5 Å². The van der Waals surface area contributed by atoms with E-state index in [2.05, 4.69) is 21.8 Å². The van der Waals surface area contributed by atoms with Crippen LogP contribution in [0.25, 0.3) is 0 Å². The fraction of sp³-hybridized carbons (Fsp3) is 0.812. The van der Waals surface area contributed by atoms with Gasteiger partial charge < -0.3 is 19.7 Å². The van der Waals surface area contributed by atoms with Crippen LogP contribution in [0.2, 0.25) is 0 Å². The number of nitrogens with zero attached hydrogens (tertiary/aromatic N) is 2. The van der Waals surface area contributed by atoms with Crippen molar-refractivity contribution in [3.8, 4) is 0 Å². The van der Waals surface area contributed by atoms with Gasteiger partial charge in [0.25, 0.3) is 0 Å². The number of piperidine rings is 1. The van der Waals surface area contributed by atoms with Crippen LogP contribution < -0.4 is 5.32 Å². The largest absolute Gasteiger partial charge is 0.385 e. The summed E-state index contributed by atoms with van der Waals surface area (Å²) in [5.74, 6) is 3.09. The molecule has 0 aromatic rings. The van der Waals surface area contributed by atoms with Crippen molar-refractivity contribution in [2.24, 2.45) is 4.99 Å². The highest BCUT2D eigenvalue weighted by Crippen LogP contribution is 2.14. The van der Waals surface area contributed by atoms with Crippen LogP contribution in [0.4, 0.5) is 0 Å². The molecule has 22 heavy (non-hydrogen) atoms. The second-order valence-corrected chi connectivity index (χ2v) is 6.39. The van der Waals surface area contributed by atoms with Gasteiger partial charge in [0.15, 0.2) is 5.96 Å². The van der Waals surface area contributed by atoms with E-state index in [1.165, 1.54) is 0 Å². The molecule has 6 heteroatoms. The maximum absolute atomic E-state index is 5.89. The lowest BCUT2D eigenvalue weighted by Gasteiger charge is -2.34. The molecule has 0 unspecified atom stereocenters. The van der Waals surface area contributed by atoms with E-state index in [0.717, 1.165) is 69.6 Å². The number of likely N-dealkylation sites (tertiary alicyclic amines) is 1. The van der Waals surface area contributed by atoms with Gasteiger partial charge in [-0.3, -0.25) is 4.99 Å². The fourth-order valence-corrected chi connectivity index (χ4v) is 3.00. The fourth-order valence-electron chi connectivity index (χ4n) is 2.42. The number of hydrogen-bond acceptors (Lipinski definition) is 4. The highest BCUT2D eigenvalue weighted by molar-refractivity contribution is 7.99. The summed E-state index contributed by atoms with van der Waals surface area (Å²) >= 11 is 1.88. The Balaban J connectivity index is 2.16. The Labute approximate surface area is 139 Å². The molecule has 0 spiro atoms. The maximum Gasteiger partial charge on any atom is 0.193 e. The van der Waals surface area contributed by atoms with E-state index in [4.69, 9.17) is 9.47 Å². The van der Waals surface area contributed by atoms with E-state index in [-0.39, 0.29) is 0 Å². The molecule has 1 saturated heterocycles. The zero-order valence-corrected chi connectivity index (χ0v) is 14.9. The molecule has 1 N–H and O–H groups in total. The van der Waals surface area contributed by atoms with Gasteiger partial charge in [0.05, 0.1) is 6.10 Å². The van der Waals surface area contributed by atoms with Gasteiger partial charge in [-0.05, 0) is 19.3 Å². The van der Waals surface area contributed by atoms with Gasteiger partial charge >= 0.3 is 0 Å². The van der Waals surface area contributed by atoms with Gasteiger partial charge in [0.2, 0.25) is 0 Å². The number of hydrogen-bond donors (Lipinski definition) is 1. The first-order valence-electron chi connectivity index (χ1n) is 8.06. The van der Waals surface area contributed by atoms with Crippen LogP contribution >= 0.6 is 11.8 Å². The minimum absolute atomic E-state index is 0.384. The Bertz CT molecular complexity index is 319. The van der Waals surface area contributed by atoms with Gasteiger partial charge in [-0.25, -0.2) is 0 Å². The predicted molar refractivity (Wildman–Crippen MR) is 95.9 cm³/mol. The summed E-state index contributed by atoms with van der Waals surface area (Å²) in [4.78, 5) is 6.71. The van der Waals surface area contributed by atoms with Crippen molar-refractivity contribution in [2.75, 3.05) is 58.5 Å². The Kier molecular flexibility index (Phi) is 11.2. The molecule has 128 valence electrons. The molecule has 0 radical (unpaired) electrons. The minimum atomic E-state index is 0.384. The molecular weight excluding hydrogens is 298 g/mol. The van der Waals surface area contributed by atoms with Gasteiger partial charge in [-0.15, -0.1) is 6.58 Å². The van der Waals surface area contributed by atoms with Crippen LogP contribution in [0.5, 0.6) is 0 Å². The first kappa shape index (κ1) is 19.3. The average molecular weight is 330 g/mol. The second kappa shape index (κ2) is 12.8. The third-order valence-corrected chi connectivity index (χ3v) is 4.53. The maximum atomic E-state index is 5.89. The van der Waals surface area contributed by atoms with E-state index in [9.17, 15) is 0 Å². The van der Waals surface area contributed by atoms with Gasteiger partial charge in [-0.2, -0.15) is 11.8 Å². The van der Waals surface area contributed by atoms with Crippen LogP contribution in [-0.4, -0.2) is 75.5 Å². The predicted octanol–water partition coefficient (Wildman–Crippen LogP) is 2.00. The normalized spacial score (nSPS) is 16.8. The molecule has 0 bridgehead atoms. The van der Waals surface area contributed by atoms with Crippen molar-refractivity contribution in [1.82, 2.24) is 10.2 Å². The van der Waals surface area contributed by atoms with E-state index in [0.29, 0.717) is 6.10 Å². The number of nitrogens with one attached hydrogen (secondary N) is 1. The summed E-state index contributed by atoms with van der Waals surface area (Å²) < 4.78 is 10.9. The highest BCUT2D eigenvalue weighted by atomic mass is 32.2.